The first-order chi connectivity index (χ1) is 8.22. The van der Waals surface area contributed by atoms with Gasteiger partial charge in [0.1, 0.15) is 6.10 Å². The van der Waals surface area contributed by atoms with Crippen LogP contribution < -0.4 is 11.1 Å². The summed E-state index contributed by atoms with van der Waals surface area (Å²) in [5, 5.41) is 12.0. The zero-order chi connectivity index (χ0) is 12.7. The third-order valence-corrected chi connectivity index (χ3v) is 2.49. The fraction of sp³-hybridized carbons (Fsp3) is 0.417. The van der Waals surface area contributed by atoms with Crippen LogP contribution in [0.3, 0.4) is 0 Å². The predicted molar refractivity (Wildman–Crippen MR) is 64.3 cm³/mol. The topological polar surface area (TPSA) is 84.6 Å². The molecule has 0 heterocycles. The van der Waals surface area contributed by atoms with Crippen molar-refractivity contribution < 1.29 is 14.6 Å². The summed E-state index contributed by atoms with van der Waals surface area (Å²) < 4.78 is 4.92. The number of aliphatic hydroxyl groups excluding tert-OH is 1. The first-order valence-electron chi connectivity index (χ1n) is 5.42. The Morgan fingerprint density at radius 3 is 2.59 bits per heavy atom. The fourth-order valence-electron chi connectivity index (χ4n) is 1.49. The van der Waals surface area contributed by atoms with E-state index in [1.54, 1.807) is 0 Å². The lowest BCUT2D eigenvalue weighted by Gasteiger charge is -2.20. The second-order valence-corrected chi connectivity index (χ2v) is 3.61. The van der Waals surface area contributed by atoms with Crippen molar-refractivity contribution >= 4 is 5.91 Å². The van der Waals surface area contributed by atoms with Gasteiger partial charge in [0.2, 0.25) is 0 Å². The minimum Gasteiger partial charge on any atom is -0.394 e. The van der Waals surface area contributed by atoms with E-state index in [-0.39, 0.29) is 19.1 Å². The van der Waals surface area contributed by atoms with Crippen LogP contribution in [0.2, 0.25) is 0 Å². The molecule has 94 valence electrons. The molecule has 0 aliphatic carbocycles. The molecule has 5 nitrogen and oxygen atoms in total. The molecule has 1 rings (SSSR count). The first-order valence-corrected chi connectivity index (χ1v) is 5.42. The van der Waals surface area contributed by atoms with Crippen molar-refractivity contribution in [1.29, 1.82) is 0 Å². The molecule has 1 aromatic carbocycles. The minimum absolute atomic E-state index is 0.106. The smallest absolute Gasteiger partial charge is 0.251 e. The molecule has 4 N–H and O–H groups in total. The highest BCUT2D eigenvalue weighted by Gasteiger charge is 2.20. The number of carbonyl (C=O) groups is 1. The number of amides is 1. The highest BCUT2D eigenvalue weighted by Crippen LogP contribution is 2.11. The van der Waals surface area contributed by atoms with Crippen LogP contribution in [0.4, 0.5) is 0 Å². The highest BCUT2D eigenvalue weighted by atomic mass is 16.5. The molecule has 0 aliphatic rings. The van der Waals surface area contributed by atoms with Crippen molar-refractivity contribution in [2.75, 3.05) is 20.3 Å². The summed E-state index contributed by atoms with van der Waals surface area (Å²) in [6, 6.07) is 8.81. The quantitative estimate of drug-likeness (QED) is 0.641. The van der Waals surface area contributed by atoms with Crippen LogP contribution in [-0.2, 0) is 9.53 Å². The van der Waals surface area contributed by atoms with E-state index in [0.29, 0.717) is 0 Å². The van der Waals surface area contributed by atoms with E-state index in [1.165, 1.54) is 7.11 Å². The van der Waals surface area contributed by atoms with Gasteiger partial charge in [-0.1, -0.05) is 30.3 Å². The van der Waals surface area contributed by atoms with Crippen LogP contribution in [-0.4, -0.2) is 37.4 Å². The van der Waals surface area contributed by atoms with Gasteiger partial charge in [0.05, 0.1) is 12.6 Å². The Labute approximate surface area is 101 Å². The molecule has 0 fully saturated rings. The van der Waals surface area contributed by atoms with E-state index in [9.17, 15) is 9.90 Å². The Bertz CT molecular complexity index is 339. The van der Waals surface area contributed by atoms with Gasteiger partial charge in [0, 0.05) is 13.7 Å². The monoisotopic (exact) mass is 238 g/mol. The van der Waals surface area contributed by atoms with Crippen LogP contribution in [0.15, 0.2) is 30.3 Å². The van der Waals surface area contributed by atoms with Crippen LogP contribution in [0.5, 0.6) is 0 Å². The second-order valence-electron chi connectivity index (χ2n) is 3.61. The molecular formula is C12H18N2O3. The molecule has 0 saturated heterocycles. The maximum Gasteiger partial charge on any atom is 0.251 e. The fourth-order valence-corrected chi connectivity index (χ4v) is 1.49. The molecule has 1 aromatic rings. The number of nitrogens with two attached hydrogens (primary N) is 1. The third-order valence-electron chi connectivity index (χ3n) is 2.49. The molecule has 2 atom stereocenters. The summed E-state index contributed by atoms with van der Waals surface area (Å²) in [5.74, 6) is -0.321. The van der Waals surface area contributed by atoms with Gasteiger partial charge in [-0.25, -0.2) is 0 Å². The van der Waals surface area contributed by atoms with Crippen molar-refractivity contribution in [3.05, 3.63) is 35.9 Å². The van der Waals surface area contributed by atoms with Gasteiger partial charge in [-0.3, -0.25) is 4.79 Å². The van der Waals surface area contributed by atoms with Crippen LogP contribution >= 0.6 is 0 Å². The Kier molecular flexibility index (Phi) is 5.62. The Hall–Kier alpha value is -1.43. The summed E-state index contributed by atoms with van der Waals surface area (Å²) >= 11 is 0. The molecule has 17 heavy (non-hydrogen) atoms. The predicted octanol–water partition coefficient (Wildman–Crippen LogP) is -0.190. The van der Waals surface area contributed by atoms with E-state index < -0.39 is 12.1 Å². The van der Waals surface area contributed by atoms with Crippen molar-refractivity contribution in [2.24, 2.45) is 5.73 Å². The number of carbonyl (C=O) groups excluding carboxylic acids is 1. The maximum atomic E-state index is 11.7. The summed E-state index contributed by atoms with van der Waals surface area (Å²) in [4.78, 5) is 11.7. The lowest BCUT2D eigenvalue weighted by molar-refractivity contribution is -0.131. The Morgan fingerprint density at radius 2 is 2.12 bits per heavy atom. The van der Waals surface area contributed by atoms with Crippen molar-refractivity contribution in [3.63, 3.8) is 0 Å². The molecule has 0 aromatic heterocycles. The van der Waals surface area contributed by atoms with Gasteiger partial charge in [-0.2, -0.15) is 0 Å². The third kappa shape index (κ3) is 3.81. The van der Waals surface area contributed by atoms with Crippen LogP contribution in [0, 0.1) is 0 Å². The van der Waals surface area contributed by atoms with Gasteiger partial charge in [-0.05, 0) is 5.56 Å². The average Bonchev–Trinajstić information content (AvgIpc) is 2.38. The molecule has 0 radical (unpaired) electrons. The average molecular weight is 238 g/mol. The van der Waals surface area contributed by atoms with Gasteiger partial charge in [0.25, 0.3) is 5.91 Å². The Morgan fingerprint density at radius 1 is 1.47 bits per heavy atom. The minimum atomic E-state index is -0.687. The van der Waals surface area contributed by atoms with Crippen molar-refractivity contribution in [2.45, 2.75) is 12.1 Å². The molecule has 0 saturated carbocycles. The number of hydrogen-bond donors (Lipinski definition) is 3. The summed E-state index contributed by atoms with van der Waals surface area (Å²) in [6.45, 7) is -0.0635. The SMILES string of the molecule is COC(CN)C(=O)N[C@H](CO)c1ccccc1. The lowest BCUT2D eigenvalue weighted by atomic mass is 10.1. The van der Waals surface area contributed by atoms with E-state index >= 15 is 0 Å². The molecule has 0 bridgehead atoms. The van der Waals surface area contributed by atoms with Crippen LogP contribution in [0.25, 0.3) is 0 Å². The van der Waals surface area contributed by atoms with Gasteiger partial charge in [-0.15, -0.1) is 0 Å². The molecule has 1 amide bonds. The maximum absolute atomic E-state index is 11.7. The number of benzene rings is 1. The normalized spacial score (nSPS) is 14.1. The van der Waals surface area contributed by atoms with E-state index in [0.717, 1.165) is 5.56 Å². The van der Waals surface area contributed by atoms with Crippen molar-refractivity contribution in [1.82, 2.24) is 5.32 Å². The van der Waals surface area contributed by atoms with E-state index in [1.807, 2.05) is 30.3 Å². The van der Waals surface area contributed by atoms with Gasteiger partial charge >= 0.3 is 0 Å². The molecule has 0 aliphatic heterocycles. The number of methoxy groups -OCH3 is 1. The van der Waals surface area contributed by atoms with E-state index in [2.05, 4.69) is 5.32 Å². The largest absolute Gasteiger partial charge is 0.394 e. The summed E-state index contributed by atoms with van der Waals surface area (Å²) in [5.41, 5.74) is 6.23. The van der Waals surface area contributed by atoms with Crippen LogP contribution in [0.1, 0.15) is 11.6 Å². The van der Waals surface area contributed by atoms with E-state index in [4.69, 9.17) is 10.5 Å². The zero-order valence-corrected chi connectivity index (χ0v) is 9.80. The Balaban J connectivity index is 2.68. The van der Waals surface area contributed by atoms with Crippen molar-refractivity contribution in [3.8, 4) is 0 Å². The van der Waals surface area contributed by atoms with Gasteiger partial charge < -0.3 is 20.9 Å². The zero-order valence-electron chi connectivity index (χ0n) is 9.80. The number of rotatable bonds is 6. The highest BCUT2D eigenvalue weighted by molar-refractivity contribution is 5.81. The lowest BCUT2D eigenvalue weighted by Crippen LogP contribution is -2.43. The molecule has 5 heteroatoms. The molecule has 1 unspecified atom stereocenters. The summed E-state index contributed by atoms with van der Waals surface area (Å²) in [7, 11) is 1.42. The number of aliphatic hydroxyl groups is 1. The number of nitrogens with one attached hydrogen (secondary N) is 1. The second kappa shape index (κ2) is 7.01. The standard InChI is InChI=1S/C12H18N2O3/c1-17-11(7-13)12(16)14-10(8-15)9-5-3-2-4-6-9/h2-6,10-11,15H,7-8,13H2,1H3,(H,14,16)/t10-,11?/m1/s1. The number of ether oxygens (including phenoxy) is 1. The first kappa shape index (κ1) is 13.6. The molecular weight excluding hydrogens is 220 g/mol. The van der Waals surface area contributed by atoms with Gasteiger partial charge in [0.15, 0.2) is 0 Å². The molecule has 0 spiro atoms. The summed E-state index contributed by atoms with van der Waals surface area (Å²) in [6.07, 6.45) is -0.687. The number of hydrogen-bond acceptors (Lipinski definition) is 4.